The molecule has 18 heavy (non-hydrogen) atoms. The molecule has 1 saturated carbocycles. The van der Waals surface area contributed by atoms with Gasteiger partial charge in [-0.15, -0.1) is 0 Å². The highest BCUT2D eigenvalue weighted by Crippen LogP contribution is 2.49. The first-order chi connectivity index (χ1) is 8.38. The summed E-state index contributed by atoms with van der Waals surface area (Å²) in [6.07, 6.45) is -4.47. The Morgan fingerprint density at radius 2 is 1.78 bits per heavy atom. The van der Waals surface area contributed by atoms with Crippen LogP contribution in [0.15, 0.2) is 24.3 Å². The summed E-state index contributed by atoms with van der Waals surface area (Å²) in [5.41, 5.74) is -0.987. The number of halogens is 3. The van der Waals surface area contributed by atoms with Crippen LogP contribution in [0.5, 0.6) is 0 Å². The summed E-state index contributed by atoms with van der Waals surface area (Å²) in [6, 6.07) is 6.27. The molecule has 1 aliphatic rings. The Kier molecular flexibility index (Phi) is 2.96. The van der Waals surface area contributed by atoms with Gasteiger partial charge in [0.15, 0.2) is 0 Å². The van der Waals surface area contributed by atoms with Crippen molar-refractivity contribution in [2.45, 2.75) is 24.6 Å². The van der Waals surface area contributed by atoms with Crippen molar-refractivity contribution in [3.8, 4) is 0 Å². The Labute approximate surface area is 102 Å². The smallest absolute Gasteiger partial charge is 0.388 e. The van der Waals surface area contributed by atoms with E-state index in [1.54, 1.807) is 19.2 Å². The minimum absolute atomic E-state index is 0.0448. The Balaban J connectivity index is 2.08. The van der Waals surface area contributed by atoms with Crippen molar-refractivity contribution < 1.29 is 18.0 Å². The minimum atomic E-state index is -4.38. The lowest BCUT2D eigenvalue weighted by molar-refractivity contribution is -0.163. The Bertz CT molecular complexity index is 449. The second kappa shape index (κ2) is 4.19. The van der Waals surface area contributed by atoms with E-state index in [9.17, 15) is 18.0 Å². The quantitative estimate of drug-likeness (QED) is 0.874. The molecule has 2 rings (SSSR count). The Morgan fingerprint density at radius 3 is 2.17 bits per heavy atom. The van der Waals surface area contributed by atoms with Gasteiger partial charge in [-0.05, 0) is 37.1 Å². The second-order valence-electron chi connectivity index (χ2n) is 4.36. The molecular formula is C12H13F3N2O. The lowest BCUT2D eigenvalue weighted by Gasteiger charge is -2.20. The van der Waals surface area contributed by atoms with Gasteiger partial charge in [0.2, 0.25) is 0 Å². The van der Waals surface area contributed by atoms with Crippen molar-refractivity contribution in [2.24, 2.45) is 0 Å². The predicted molar refractivity (Wildman–Crippen MR) is 61.5 cm³/mol. The molecule has 1 fully saturated rings. The second-order valence-corrected chi connectivity index (χ2v) is 4.36. The van der Waals surface area contributed by atoms with Gasteiger partial charge in [-0.25, -0.2) is 0 Å². The van der Waals surface area contributed by atoms with Crippen molar-refractivity contribution >= 4 is 11.6 Å². The SMILES string of the molecule is CNc1ccc(C(=O)NC2(C(F)(F)F)CC2)cc1. The number of alkyl halides is 3. The summed E-state index contributed by atoms with van der Waals surface area (Å²) in [7, 11) is 1.72. The first kappa shape index (κ1) is 12.7. The maximum absolute atomic E-state index is 12.7. The van der Waals surface area contributed by atoms with Crippen LogP contribution in [0.2, 0.25) is 0 Å². The number of carbonyl (C=O) groups is 1. The van der Waals surface area contributed by atoms with Gasteiger partial charge < -0.3 is 10.6 Å². The highest BCUT2D eigenvalue weighted by molar-refractivity contribution is 5.95. The zero-order valence-electron chi connectivity index (χ0n) is 9.77. The summed E-state index contributed by atoms with van der Waals surface area (Å²) >= 11 is 0. The van der Waals surface area contributed by atoms with Gasteiger partial charge in [0.05, 0.1) is 0 Å². The first-order valence-electron chi connectivity index (χ1n) is 5.55. The third-order valence-electron chi connectivity index (χ3n) is 3.08. The predicted octanol–water partition coefficient (Wildman–Crippen LogP) is 2.55. The van der Waals surface area contributed by atoms with E-state index < -0.39 is 17.6 Å². The van der Waals surface area contributed by atoms with Crippen molar-refractivity contribution in [3.63, 3.8) is 0 Å². The Hall–Kier alpha value is -1.72. The van der Waals surface area contributed by atoms with E-state index in [4.69, 9.17) is 0 Å². The fourth-order valence-corrected chi connectivity index (χ4v) is 1.68. The summed E-state index contributed by atoms with van der Waals surface area (Å²) in [4.78, 5) is 11.7. The van der Waals surface area contributed by atoms with Crippen molar-refractivity contribution in [1.29, 1.82) is 0 Å². The fraction of sp³-hybridized carbons (Fsp3) is 0.417. The summed E-state index contributed by atoms with van der Waals surface area (Å²) in [6.45, 7) is 0. The van der Waals surface area contributed by atoms with E-state index in [0.717, 1.165) is 5.69 Å². The normalized spacial score (nSPS) is 17.1. The van der Waals surface area contributed by atoms with Crippen LogP contribution >= 0.6 is 0 Å². The van der Waals surface area contributed by atoms with Gasteiger partial charge in [0, 0.05) is 18.3 Å². The van der Waals surface area contributed by atoms with Crippen LogP contribution in [-0.2, 0) is 0 Å². The zero-order chi connectivity index (χ0) is 13.4. The summed E-state index contributed by atoms with van der Waals surface area (Å²) in [5.74, 6) is -0.688. The Morgan fingerprint density at radius 1 is 1.22 bits per heavy atom. The molecule has 2 N–H and O–H groups in total. The van der Waals surface area contributed by atoms with E-state index in [0.29, 0.717) is 0 Å². The van der Waals surface area contributed by atoms with Crippen molar-refractivity contribution in [1.82, 2.24) is 5.32 Å². The van der Waals surface area contributed by atoms with Gasteiger partial charge in [0.1, 0.15) is 5.54 Å². The molecule has 0 unspecified atom stereocenters. The molecule has 0 radical (unpaired) electrons. The molecule has 3 nitrogen and oxygen atoms in total. The number of benzene rings is 1. The topological polar surface area (TPSA) is 41.1 Å². The minimum Gasteiger partial charge on any atom is -0.388 e. The monoisotopic (exact) mass is 258 g/mol. The van der Waals surface area contributed by atoms with Crippen molar-refractivity contribution in [3.05, 3.63) is 29.8 Å². The highest BCUT2D eigenvalue weighted by atomic mass is 19.4. The van der Waals surface area contributed by atoms with Gasteiger partial charge >= 0.3 is 6.18 Å². The summed E-state index contributed by atoms with van der Waals surface area (Å²) in [5, 5.41) is 4.94. The first-order valence-corrected chi connectivity index (χ1v) is 5.55. The van der Waals surface area contributed by atoms with Crippen LogP contribution in [0.1, 0.15) is 23.2 Å². The molecule has 0 aromatic heterocycles. The van der Waals surface area contributed by atoms with E-state index in [1.165, 1.54) is 12.1 Å². The van der Waals surface area contributed by atoms with Crippen LogP contribution < -0.4 is 10.6 Å². The average Bonchev–Trinajstić information content (AvgIpc) is 3.09. The standard InChI is InChI=1S/C12H13F3N2O/c1-16-9-4-2-8(3-5-9)10(18)17-11(6-7-11)12(13,14)15/h2-5,16H,6-7H2,1H3,(H,17,18). The molecule has 0 spiro atoms. The van der Waals surface area contributed by atoms with Crippen LogP contribution in [0.25, 0.3) is 0 Å². The number of nitrogens with one attached hydrogen (secondary N) is 2. The molecule has 0 atom stereocenters. The molecule has 0 aliphatic heterocycles. The number of rotatable bonds is 3. The average molecular weight is 258 g/mol. The number of anilines is 1. The van der Waals surface area contributed by atoms with Crippen LogP contribution in [0, 0.1) is 0 Å². The lowest BCUT2D eigenvalue weighted by atomic mass is 10.1. The molecule has 6 heteroatoms. The van der Waals surface area contributed by atoms with Gasteiger partial charge in [-0.3, -0.25) is 4.79 Å². The largest absolute Gasteiger partial charge is 0.411 e. The van der Waals surface area contributed by atoms with Gasteiger partial charge in [-0.1, -0.05) is 0 Å². The van der Waals surface area contributed by atoms with Gasteiger partial charge in [-0.2, -0.15) is 13.2 Å². The maximum Gasteiger partial charge on any atom is 0.411 e. The number of hydrogen-bond donors (Lipinski definition) is 2. The number of carbonyl (C=O) groups excluding carboxylic acids is 1. The third-order valence-corrected chi connectivity index (χ3v) is 3.08. The van der Waals surface area contributed by atoms with Gasteiger partial charge in [0.25, 0.3) is 5.91 Å². The molecule has 0 bridgehead atoms. The molecule has 1 aromatic carbocycles. The molecule has 0 saturated heterocycles. The van der Waals surface area contributed by atoms with E-state index in [2.05, 4.69) is 10.6 Å². The van der Waals surface area contributed by atoms with Crippen LogP contribution in [-0.4, -0.2) is 24.7 Å². The van der Waals surface area contributed by atoms with Crippen molar-refractivity contribution in [2.75, 3.05) is 12.4 Å². The third kappa shape index (κ3) is 2.27. The number of amides is 1. The lowest BCUT2D eigenvalue weighted by Crippen LogP contribution is -2.47. The molecule has 1 aromatic rings. The molecule has 1 aliphatic carbocycles. The maximum atomic E-state index is 12.7. The fourth-order valence-electron chi connectivity index (χ4n) is 1.68. The molecule has 98 valence electrons. The van der Waals surface area contributed by atoms with Crippen LogP contribution in [0.3, 0.4) is 0 Å². The molecule has 1 amide bonds. The molecular weight excluding hydrogens is 245 g/mol. The van der Waals surface area contributed by atoms with E-state index >= 15 is 0 Å². The molecule has 0 heterocycles. The summed E-state index contributed by atoms with van der Waals surface area (Å²) < 4.78 is 38.0. The van der Waals surface area contributed by atoms with E-state index in [-0.39, 0.29) is 18.4 Å². The van der Waals surface area contributed by atoms with E-state index in [1.807, 2.05) is 0 Å². The van der Waals surface area contributed by atoms with Crippen LogP contribution in [0.4, 0.5) is 18.9 Å². The highest BCUT2D eigenvalue weighted by Gasteiger charge is 2.64. The number of hydrogen-bond acceptors (Lipinski definition) is 2. The zero-order valence-corrected chi connectivity index (χ0v) is 9.77.